The molecule has 0 radical (unpaired) electrons. The molecule has 0 bridgehead atoms. The molecule has 0 unspecified atom stereocenters. The van der Waals surface area contributed by atoms with Gasteiger partial charge in [-0.15, -0.1) is 0 Å². The Hall–Kier alpha value is -1.54. The van der Waals surface area contributed by atoms with Crippen molar-refractivity contribution in [2.24, 2.45) is 20.0 Å². The van der Waals surface area contributed by atoms with Crippen molar-refractivity contribution in [2.75, 3.05) is 105 Å². The largest absolute Gasteiger partial charge is 0.356 e. The van der Waals surface area contributed by atoms with Crippen molar-refractivity contribution in [2.45, 2.75) is 51.4 Å². The molecule has 14 heteroatoms. The SMILES string of the molecule is C1CN=C2NCCCN2C1.C1CN=C2NCCCN2C1.C1CN=C2NCCCN2C1.C1CN=C2NCCCN2C1.[W].[W]. The van der Waals surface area contributed by atoms with Crippen LogP contribution in [0.5, 0.6) is 0 Å². The van der Waals surface area contributed by atoms with E-state index in [2.05, 4.69) is 60.8 Å². The van der Waals surface area contributed by atoms with Gasteiger partial charge in [0.15, 0.2) is 23.8 Å². The van der Waals surface area contributed by atoms with Crippen LogP contribution in [-0.2, 0) is 42.1 Å². The van der Waals surface area contributed by atoms with Gasteiger partial charge in [0.1, 0.15) is 0 Å². The van der Waals surface area contributed by atoms with Gasteiger partial charge in [-0.25, -0.2) is 0 Å². The van der Waals surface area contributed by atoms with E-state index in [1.54, 1.807) is 0 Å². The molecule has 12 nitrogen and oxygen atoms in total. The number of hydrogen-bond acceptors (Lipinski definition) is 12. The predicted molar refractivity (Wildman–Crippen MR) is 164 cm³/mol. The Balaban J connectivity index is 0.000000151. The van der Waals surface area contributed by atoms with E-state index in [4.69, 9.17) is 0 Å². The molecule has 8 aliphatic heterocycles. The summed E-state index contributed by atoms with van der Waals surface area (Å²) in [6.45, 7) is 18.1. The first-order chi connectivity index (χ1) is 19.9. The molecule has 0 aliphatic carbocycles. The van der Waals surface area contributed by atoms with Gasteiger partial charge in [0, 0.05) is 147 Å². The predicted octanol–water partition coefficient (Wildman–Crippen LogP) is 0.161. The third kappa shape index (κ3) is 10.9. The van der Waals surface area contributed by atoms with Crippen LogP contribution in [0.25, 0.3) is 0 Å². The molecule has 8 heterocycles. The van der Waals surface area contributed by atoms with E-state index in [1.807, 2.05) is 0 Å². The number of hydrogen-bond donors (Lipinski definition) is 4. The molecule has 0 atom stereocenters. The minimum atomic E-state index is 0. The normalized spacial score (nSPS) is 23.6. The number of guanidine groups is 4. The van der Waals surface area contributed by atoms with Crippen LogP contribution in [0.4, 0.5) is 0 Å². The first kappa shape index (κ1) is 34.9. The van der Waals surface area contributed by atoms with E-state index in [0.29, 0.717) is 0 Å². The molecule has 0 amide bonds. The number of rotatable bonds is 0. The van der Waals surface area contributed by atoms with Crippen LogP contribution < -0.4 is 21.3 Å². The Morgan fingerprint density at radius 2 is 0.548 bits per heavy atom. The molecule has 0 aromatic carbocycles. The molecule has 4 N–H and O–H groups in total. The second-order valence-electron chi connectivity index (χ2n) is 11.3. The molecule has 0 spiro atoms. The van der Waals surface area contributed by atoms with Gasteiger partial charge in [-0.05, 0) is 51.4 Å². The standard InChI is InChI=1S/4C7H13N3.2W/c4*1-3-8-7-9-4-2-6-10(7)5-1;;/h4*1-6H2,(H,8,9);;. The summed E-state index contributed by atoms with van der Waals surface area (Å²) < 4.78 is 0. The molecule has 0 aromatic rings. The van der Waals surface area contributed by atoms with Gasteiger partial charge in [-0.3, -0.25) is 20.0 Å². The first-order valence-corrected chi connectivity index (χ1v) is 16.0. The fraction of sp³-hybridized carbons (Fsp3) is 0.857. The van der Waals surface area contributed by atoms with Crippen molar-refractivity contribution in [3.8, 4) is 0 Å². The molecule has 4 fully saturated rings. The van der Waals surface area contributed by atoms with E-state index >= 15 is 0 Å². The summed E-state index contributed by atoms with van der Waals surface area (Å²) >= 11 is 0. The second-order valence-corrected chi connectivity index (χ2v) is 11.3. The summed E-state index contributed by atoms with van der Waals surface area (Å²) in [5.41, 5.74) is 0. The monoisotopic (exact) mass is 924 g/mol. The van der Waals surface area contributed by atoms with Gasteiger partial charge in [0.05, 0.1) is 0 Å². The van der Waals surface area contributed by atoms with Crippen molar-refractivity contribution in [1.82, 2.24) is 40.9 Å². The quantitative estimate of drug-likeness (QED) is 0.273. The van der Waals surface area contributed by atoms with Crippen molar-refractivity contribution >= 4 is 23.8 Å². The second kappa shape index (κ2) is 19.7. The summed E-state index contributed by atoms with van der Waals surface area (Å²) in [7, 11) is 0. The molecule has 0 aromatic heterocycles. The van der Waals surface area contributed by atoms with Crippen LogP contribution in [-0.4, -0.2) is 148 Å². The number of fused-ring (bicyclic) bond motifs is 4. The maximum atomic E-state index is 4.38. The van der Waals surface area contributed by atoms with Crippen molar-refractivity contribution < 1.29 is 42.1 Å². The van der Waals surface area contributed by atoms with Crippen molar-refractivity contribution in [3.63, 3.8) is 0 Å². The van der Waals surface area contributed by atoms with E-state index in [0.717, 1.165) is 76.2 Å². The van der Waals surface area contributed by atoms with Crippen LogP contribution >= 0.6 is 0 Å². The molecular formula is C28H52N12W2. The molecule has 4 saturated heterocycles. The summed E-state index contributed by atoms with van der Waals surface area (Å²) in [6, 6.07) is 0. The Morgan fingerprint density at radius 3 is 0.762 bits per heavy atom. The maximum Gasteiger partial charge on any atom is 0.193 e. The first-order valence-electron chi connectivity index (χ1n) is 16.0. The van der Waals surface area contributed by atoms with E-state index in [1.165, 1.54) is 104 Å². The van der Waals surface area contributed by atoms with Crippen molar-refractivity contribution in [1.29, 1.82) is 0 Å². The van der Waals surface area contributed by atoms with E-state index < -0.39 is 0 Å². The Bertz CT molecular complexity index is 767. The van der Waals surface area contributed by atoms with E-state index in [9.17, 15) is 0 Å². The molecule has 42 heavy (non-hydrogen) atoms. The van der Waals surface area contributed by atoms with Gasteiger partial charge in [-0.2, -0.15) is 0 Å². The Labute approximate surface area is 281 Å². The molecular weight excluding hydrogens is 872 g/mol. The average Bonchev–Trinajstić information content (AvgIpc) is 3.06. The van der Waals surface area contributed by atoms with Gasteiger partial charge in [-0.1, -0.05) is 0 Å². The summed E-state index contributed by atoms with van der Waals surface area (Å²) in [5, 5.41) is 13.2. The van der Waals surface area contributed by atoms with Gasteiger partial charge >= 0.3 is 0 Å². The van der Waals surface area contributed by atoms with Gasteiger partial charge in [0.25, 0.3) is 0 Å². The molecule has 0 saturated carbocycles. The van der Waals surface area contributed by atoms with Crippen LogP contribution in [0.3, 0.4) is 0 Å². The Morgan fingerprint density at radius 1 is 0.333 bits per heavy atom. The van der Waals surface area contributed by atoms with Crippen molar-refractivity contribution in [3.05, 3.63) is 0 Å². The molecule has 236 valence electrons. The zero-order valence-corrected chi connectivity index (χ0v) is 31.2. The van der Waals surface area contributed by atoms with Gasteiger partial charge in [0.2, 0.25) is 0 Å². The topological polar surface area (TPSA) is 111 Å². The molecule has 8 aliphatic rings. The van der Waals surface area contributed by atoms with Crippen LogP contribution in [0.1, 0.15) is 51.4 Å². The number of nitrogens with one attached hydrogen (secondary N) is 4. The zero-order valence-electron chi connectivity index (χ0n) is 25.4. The maximum absolute atomic E-state index is 4.38. The summed E-state index contributed by atoms with van der Waals surface area (Å²) in [6.07, 6.45) is 9.96. The summed E-state index contributed by atoms with van der Waals surface area (Å²) in [4.78, 5) is 26.9. The minimum Gasteiger partial charge on any atom is -0.356 e. The fourth-order valence-corrected chi connectivity index (χ4v) is 6.03. The smallest absolute Gasteiger partial charge is 0.193 e. The fourth-order valence-electron chi connectivity index (χ4n) is 6.03. The Kier molecular flexibility index (Phi) is 16.4. The van der Waals surface area contributed by atoms with Crippen LogP contribution in [0, 0.1) is 0 Å². The minimum absolute atomic E-state index is 0. The third-order valence-electron chi connectivity index (χ3n) is 8.14. The molecule has 8 rings (SSSR count). The average molecular weight is 924 g/mol. The number of nitrogens with zero attached hydrogens (tertiary/aromatic N) is 8. The zero-order chi connectivity index (χ0) is 27.2. The third-order valence-corrected chi connectivity index (χ3v) is 8.14. The van der Waals surface area contributed by atoms with E-state index in [-0.39, 0.29) is 42.1 Å². The van der Waals surface area contributed by atoms with Crippen LogP contribution in [0.15, 0.2) is 20.0 Å². The summed E-state index contributed by atoms with van der Waals surface area (Å²) in [5.74, 6) is 4.55. The van der Waals surface area contributed by atoms with Crippen LogP contribution in [0.2, 0.25) is 0 Å². The van der Waals surface area contributed by atoms with Gasteiger partial charge < -0.3 is 40.9 Å². The number of aliphatic imine (C=N–C) groups is 4.